The summed E-state index contributed by atoms with van der Waals surface area (Å²) in [5, 5.41) is 4.75. The second-order valence-electron chi connectivity index (χ2n) is 7.52. The van der Waals surface area contributed by atoms with Crippen molar-refractivity contribution in [3.05, 3.63) is 21.9 Å². The monoisotopic (exact) mass is 350 g/mol. The molecule has 0 aliphatic rings. The van der Waals surface area contributed by atoms with Crippen LogP contribution in [0.5, 0.6) is 0 Å². The third-order valence-electron chi connectivity index (χ3n) is 5.15. The maximum atomic E-state index is 2.38. The highest BCUT2D eigenvalue weighted by Gasteiger charge is 2.02. The smallest absolute Gasteiger partial charge is 0.00584 e. The van der Waals surface area contributed by atoms with Gasteiger partial charge >= 0.3 is 0 Å². The molecule has 0 atom stereocenters. The third-order valence-corrected chi connectivity index (χ3v) is 5.99. The molecule has 0 nitrogen and oxygen atoms in total. The predicted octanol–water partition coefficient (Wildman–Crippen LogP) is 8.72. The Labute approximate surface area is 156 Å². The molecule has 1 aromatic rings. The van der Waals surface area contributed by atoms with Crippen LogP contribution in [0, 0.1) is 0 Å². The number of hydrogen-bond acceptors (Lipinski definition) is 1. The van der Waals surface area contributed by atoms with Crippen molar-refractivity contribution in [3.8, 4) is 0 Å². The van der Waals surface area contributed by atoms with E-state index in [1.54, 1.807) is 11.1 Å². The van der Waals surface area contributed by atoms with Crippen LogP contribution in [0.15, 0.2) is 10.8 Å². The van der Waals surface area contributed by atoms with Crippen molar-refractivity contribution in [1.29, 1.82) is 0 Å². The molecule has 1 rings (SSSR count). The zero-order valence-corrected chi connectivity index (χ0v) is 17.4. The average Bonchev–Trinajstić information content (AvgIpc) is 3.03. The van der Waals surface area contributed by atoms with E-state index in [1.807, 2.05) is 11.3 Å². The first kappa shape index (κ1) is 21.7. The molecule has 140 valence electrons. The third kappa shape index (κ3) is 11.3. The zero-order valence-electron chi connectivity index (χ0n) is 16.6. The minimum absolute atomic E-state index is 1.28. The standard InChI is InChI=1S/C23H42S/c1-3-5-6-7-8-9-10-11-12-13-14-15-16-17-19-23-21-24-20-22(23)18-4-2/h20-21H,3-19H2,1-2H3. The normalized spacial score (nSPS) is 11.2. The lowest BCUT2D eigenvalue weighted by molar-refractivity contribution is 0.535. The molecule has 0 saturated carbocycles. The molecule has 0 aliphatic carbocycles. The van der Waals surface area contributed by atoms with E-state index in [2.05, 4.69) is 24.6 Å². The summed E-state index contributed by atoms with van der Waals surface area (Å²) in [6.45, 7) is 4.58. The van der Waals surface area contributed by atoms with Gasteiger partial charge < -0.3 is 0 Å². The molecule has 24 heavy (non-hydrogen) atoms. The van der Waals surface area contributed by atoms with Crippen LogP contribution in [0.2, 0.25) is 0 Å². The van der Waals surface area contributed by atoms with E-state index in [9.17, 15) is 0 Å². The molecule has 0 bridgehead atoms. The van der Waals surface area contributed by atoms with E-state index in [4.69, 9.17) is 0 Å². The van der Waals surface area contributed by atoms with Gasteiger partial charge in [0.2, 0.25) is 0 Å². The molecule has 1 aromatic heterocycles. The summed E-state index contributed by atoms with van der Waals surface area (Å²) in [6.07, 6.45) is 24.2. The Balaban J connectivity index is 1.81. The van der Waals surface area contributed by atoms with Gasteiger partial charge in [-0.25, -0.2) is 0 Å². The van der Waals surface area contributed by atoms with E-state index in [-0.39, 0.29) is 0 Å². The van der Waals surface area contributed by atoms with Crippen molar-refractivity contribution in [2.45, 2.75) is 123 Å². The first-order chi connectivity index (χ1) is 11.9. The van der Waals surface area contributed by atoms with E-state index in [0.29, 0.717) is 0 Å². The van der Waals surface area contributed by atoms with Gasteiger partial charge in [0.1, 0.15) is 0 Å². The number of rotatable bonds is 17. The maximum absolute atomic E-state index is 2.38. The van der Waals surface area contributed by atoms with E-state index in [1.165, 1.54) is 109 Å². The van der Waals surface area contributed by atoms with Crippen LogP contribution in [-0.2, 0) is 12.8 Å². The molecule has 1 heterocycles. The van der Waals surface area contributed by atoms with Crippen LogP contribution in [-0.4, -0.2) is 0 Å². The van der Waals surface area contributed by atoms with Crippen molar-refractivity contribution < 1.29 is 0 Å². The highest BCUT2D eigenvalue weighted by molar-refractivity contribution is 7.08. The summed E-state index contributed by atoms with van der Waals surface area (Å²) in [7, 11) is 0. The lowest BCUT2D eigenvalue weighted by Crippen LogP contribution is -1.90. The lowest BCUT2D eigenvalue weighted by atomic mass is 10.0. The fourth-order valence-corrected chi connectivity index (χ4v) is 4.50. The molecule has 1 heteroatoms. The molecule has 0 spiro atoms. The van der Waals surface area contributed by atoms with Gasteiger partial charge in [-0.1, -0.05) is 104 Å². The van der Waals surface area contributed by atoms with Gasteiger partial charge in [-0.15, -0.1) is 0 Å². The van der Waals surface area contributed by atoms with Crippen LogP contribution < -0.4 is 0 Å². The Morgan fingerprint density at radius 2 is 0.917 bits per heavy atom. The van der Waals surface area contributed by atoms with E-state index >= 15 is 0 Å². The summed E-state index contributed by atoms with van der Waals surface area (Å²) in [4.78, 5) is 0. The van der Waals surface area contributed by atoms with Crippen LogP contribution in [0.1, 0.15) is 121 Å². The first-order valence-corrected chi connectivity index (χ1v) is 11.9. The molecule has 0 unspecified atom stereocenters. The molecule has 0 fully saturated rings. The minimum atomic E-state index is 1.28. The molecule has 0 saturated heterocycles. The molecule has 0 aliphatic heterocycles. The van der Waals surface area contributed by atoms with E-state index in [0.717, 1.165) is 0 Å². The van der Waals surface area contributed by atoms with Gasteiger partial charge in [0, 0.05) is 0 Å². The number of hydrogen-bond donors (Lipinski definition) is 0. The van der Waals surface area contributed by atoms with Crippen LogP contribution in [0.3, 0.4) is 0 Å². The van der Waals surface area contributed by atoms with Crippen molar-refractivity contribution in [2.75, 3.05) is 0 Å². The quantitative estimate of drug-likeness (QED) is 0.246. The van der Waals surface area contributed by atoms with Crippen molar-refractivity contribution in [3.63, 3.8) is 0 Å². The number of thiophene rings is 1. The Kier molecular flexibility index (Phi) is 14.7. The Bertz CT molecular complexity index is 366. The van der Waals surface area contributed by atoms with Crippen LogP contribution in [0.4, 0.5) is 0 Å². The van der Waals surface area contributed by atoms with Crippen LogP contribution >= 0.6 is 11.3 Å². The summed E-state index contributed by atoms with van der Waals surface area (Å²) >= 11 is 1.89. The minimum Gasteiger partial charge on any atom is -0.152 e. The average molecular weight is 351 g/mol. The van der Waals surface area contributed by atoms with Gasteiger partial charge in [-0.3, -0.25) is 0 Å². The number of aryl methyl sites for hydroxylation is 2. The topological polar surface area (TPSA) is 0 Å². The molecular weight excluding hydrogens is 308 g/mol. The van der Waals surface area contributed by atoms with Gasteiger partial charge in [0.15, 0.2) is 0 Å². The molecule has 0 radical (unpaired) electrons. The summed E-state index contributed by atoms with van der Waals surface area (Å²) in [5.41, 5.74) is 3.26. The highest BCUT2D eigenvalue weighted by Crippen LogP contribution is 2.20. The van der Waals surface area contributed by atoms with Gasteiger partial charge in [0.05, 0.1) is 0 Å². The lowest BCUT2D eigenvalue weighted by Gasteiger charge is -2.04. The zero-order chi connectivity index (χ0) is 17.3. The van der Waals surface area contributed by atoms with Crippen molar-refractivity contribution in [2.24, 2.45) is 0 Å². The fourth-order valence-electron chi connectivity index (χ4n) is 3.57. The Morgan fingerprint density at radius 3 is 1.38 bits per heavy atom. The van der Waals surface area contributed by atoms with E-state index < -0.39 is 0 Å². The van der Waals surface area contributed by atoms with Gasteiger partial charge in [-0.05, 0) is 41.1 Å². The second kappa shape index (κ2) is 16.2. The molecular formula is C23H42S. The maximum Gasteiger partial charge on any atom is -0.00584 e. The first-order valence-electron chi connectivity index (χ1n) is 10.9. The summed E-state index contributed by atoms with van der Waals surface area (Å²) < 4.78 is 0. The Hall–Kier alpha value is -0.300. The van der Waals surface area contributed by atoms with Crippen molar-refractivity contribution in [1.82, 2.24) is 0 Å². The van der Waals surface area contributed by atoms with Crippen molar-refractivity contribution >= 4 is 11.3 Å². The van der Waals surface area contributed by atoms with Crippen LogP contribution in [0.25, 0.3) is 0 Å². The predicted molar refractivity (Wildman–Crippen MR) is 112 cm³/mol. The fraction of sp³-hybridized carbons (Fsp3) is 0.826. The highest BCUT2D eigenvalue weighted by atomic mass is 32.1. The summed E-state index contributed by atoms with van der Waals surface area (Å²) in [5.74, 6) is 0. The second-order valence-corrected chi connectivity index (χ2v) is 8.26. The van der Waals surface area contributed by atoms with Gasteiger partial charge in [0.25, 0.3) is 0 Å². The largest absolute Gasteiger partial charge is 0.152 e. The Morgan fingerprint density at radius 1 is 0.500 bits per heavy atom. The number of unbranched alkanes of at least 4 members (excludes halogenated alkanes) is 13. The molecule has 0 N–H and O–H groups in total. The summed E-state index contributed by atoms with van der Waals surface area (Å²) in [6, 6.07) is 0. The SMILES string of the molecule is CCCCCCCCCCCCCCCCc1cscc1CCC. The van der Waals surface area contributed by atoms with Gasteiger partial charge in [-0.2, -0.15) is 11.3 Å². The molecule has 0 amide bonds. The molecule has 0 aromatic carbocycles.